The summed E-state index contributed by atoms with van der Waals surface area (Å²) in [5.74, 6) is 0.872. The molecule has 86 valence electrons. The monoisotopic (exact) mass is 212 g/mol. The molecule has 0 fully saturated rings. The summed E-state index contributed by atoms with van der Waals surface area (Å²) in [6.45, 7) is 6.69. The van der Waals surface area contributed by atoms with E-state index in [2.05, 4.69) is 17.0 Å². The molecular weight excluding hydrogens is 192 g/mol. The zero-order valence-electron chi connectivity index (χ0n) is 9.57. The molecule has 0 aliphatic rings. The maximum atomic E-state index is 8.93. The summed E-state index contributed by atoms with van der Waals surface area (Å²) >= 11 is 0. The van der Waals surface area contributed by atoms with Crippen molar-refractivity contribution < 1.29 is 9.63 Å². The highest BCUT2D eigenvalue weighted by atomic mass is 16.5. The highest BCUT2D eigenvalue weighted by Gasteiger charge is 2.08. The first-order chi connectivity index (χ1) is 7.26. The first-order valence-electron chi connectivity index (χ1n) is 5.51. The quantitative estimate of drug-likeness (QED) is 0.745. The van der Waals surface area contributed by atoms with Crippen molar-refractivity contribution in [3.63, 3.8) is 0 Å². The van der Waals surface area contributed by atoms with Crippen LogP contribution in [0.2, 0.25) is 0 Å². The average molecular weight is 212 g/mol. The second-order valence-electron chi connectivity index (χ2n) is 3.79. The van der Waals surface area contributed by atoms with Gasteiger partial charge >= 0.3 is 0 Å². The molecule has 0 unspecified atom stereocenters. The van der Waals surface area contributed by atoms with Crippen molar-refractivity contribution in [1.82, 2.24) is 10.1 Å². The first kappa shape index (κ1) is 12.2. The summed E-state index contributed by atoms with van der Waals surface area (Å²) in [6, 6.07) is 1.94. The van der Waals surface area contributed by atoms with E-state index in [0.29, 0.717) is 6.54 Å². The highest BCUT2D eigenvalue weighted by Crippen LogP contribution is 2.07. The Morgan fingerprint density at radius 3 is 2.80 bits per heavy atom. The Kier molecular flexibility index (Phi) is 5.36. The van der Waals surface area contributed by atoms with Gasteiger partial charge in [0.15, 0.2) is 5.76 Å². The lowest BCUT2D eigenvalue weighted by molar-refractivity contribution is 0.174. The Morgan fingerprint density at radius 1 is 1.47 bits per heavy atom. The lowest BCUT2D eigenvalue weighted by Gasteiger charge is -2.18. The van der Waals surface area contributed by atoms with Crippen LogP contribution in [0.15, 0.2) is 10.6 Å². The van der Waals surface area contributed by atoms with Gasteiger partial charge in [0.25, 0.3) is 0 Å². The lowest BCUT2D eigenvalue weighted by Crippen LogP contribution is -2.27. The van der Waals surface area contributed by atoms with Crippen LogP contribution in [0.4, 0.5) is 0 Å². The molecule has 4 heteroatoms. The largest absolute Gasteiger partial charge is 0.395 e. The Bertz CT molecular complexity index is 273. The Morgan fingerprint density at radius 2 is 2.27 bits per heavy atom. The Labute approximate surface area is 90.9 Å². The van der Waals surface area contributed by atoms with Gasteiger partial charge in [-0.1, -0.05) is 18.5 Å². The molecule has 1 rings (SSSR count). The highest BCUT2D eigenvalue weighted by molar-refractivity contribution is 5.02. The maximum absolute atomic E-state index is 8.93. The van der Waals surface area contributed by atoms with Crippen LogP contribution < -0.4 is 0 Å². The number of hydrogen-bond donors (Lipinski definition) is 1. The molecule has 0 bridgehead atoms. The topological polar surface area (TPSA) is 49.5 Å². The van der Waals surface area contributed by atoms with E-state index in [1.54, 1.807) is 0 Å². The van der Waals surface area contributed by atoms with E-state index in [1.165, 1.54) is 0 Å². The van der Waals surface area contributed by atoms with Crippen LogP contribution in [0, 0.1) is 6.92 Å². The maximum Gasteiger partial charge on any atom is 0.150 e. The number of aliphatic hydroxyl groups excluding tert-OH is 1. The SMILES string of the molecule is CCCCN(CCO)Cc1cc(C)no1. The number of aliphatic hydroxyl groups is 1. The first-order valence-corrected chi connectivity index (χ1v) is 5.51. The number of aromatic nitrogens is 1. The van der Waals surface area contributed by atoms with Crippen LogP contribution in [0.5, 0.6) is 0 Å². The van der Waals surface area contributed by atoms with E-state index in [0.717, 1.165) is 37.4 Å². The van der Waals surface area contributed by atoms with E-state index >= 15 is 0 Å². The summed E-state index contributed by atoms with van der Waals surface area (Å²) in [6.07, 6.45) is 2.31. The zero-order chi connectivity index (χ0) is 11.1. The van der Waals surface area contributed by atoms with Crippen molar-refractivity contribution in [2.75, 3.05) is 19.7 Å². The Hall–Kier alpha value is -0.870. The molecule has 4 nitrogen and oxygen atoms in total. The van der Waals surface area contributed by atoms with Crippen molar-refractivity contribution in [1.29, 1.82) is 0 Å². The molecule has 0 saturated heterocycles. The molecule has 0 aliphatic carbocycles. The summed E-state index contributed by atoms with van der Waals surface area (Å²) in [7, 11) is 0. The van der Waals surface area contributed by atoms with E-state index in [1.807, 2.05) is 13.0 Å². The number of aryl methyl sites for hydroxylation is 1. The van der Waals surface area contributed by atoms with E-state index < -0.39 is 0 Å². The molecule has 0 amide bonds. The molecule has 1 aromatic heterocycles. The minimum Gasteiger partial charge on any atom is -0.395 e. The van der Waals surface area contributed by atoms with Crippen LogP contribution in [0.1, 0.15) is 31.2 Å². The number of hydrogen-bond acceptors (Lipinski definition) is 4. The molecule has 1 N–H and O–H groups in total. The fourth-order valence-corrected chi connectivity index (χ4v) is 1.50. The van der Waals surface area contributed by atoms with Gasteiger partial charge in [-0.15, -0.1) is 0 Å². The van der Waals surface area contributed by atoms with Gasteiger partial charge in [0, 0.05) is 12.6 Å². The molecule has 1 aromatic rings. The second-order valence-corrected chi connectivity index (χ2v) is 3.79. The van der Waals surface area contributed by atoms with E-state index in [9.17, 15) is 0 Å². The van der Waals surface area contributed by atoms with Gasteiger partial charge in [-0.2, -0.15) is 0 Å². The summed E-state index contributed by atoms with van der Waals surface area (Å²) in [5.41, 5.74) is 0.907. The van der Waals surface area contributed by atoms with Crippen LogP contribution in [0.25, 0.3) is 0 Å². The summed E-state index contributed by atoms with van der Waals surface area (Å²) < 4.78 is 5.15. The normalized spacial score (nSPS) is 11.2. The fraction of sp³-hybridized carbons (Fsp3) is 0.727. The molecule has 15 heavy (non-hydrogen) atoms. The zero-order valence-corrected chi connectivity index (χ0v) is 9.57. The van der Waals surface area contributed by atoms with Crippen LogP contribution in [-0.4, -0.2) is 34.9 Å². The third-order valence-corrected chi connectivity index (χ3v) is 2.30. The van der Waals surface area contributed by atoms with Crippen molar-refractivity contribution in [3.05, 3.63) is 17.5 Å². The molecule has 1 heterocycles. The Balaban J connectivity index is 2.42. The third-order valence-electron chi connectivity index (χ3n) is 2.30. The number of unbranched alkanes of at least 4 members (excludes halogenated alkanes) is 1. The lowest BCUT2D eigenvalue weighted by atomic mass is 10.3. The van der Waals surface area contributed by atoms with Gasteiger partial charge in [-0.25, -0.2) is 0 Å². The third kappa shape index (κ3) is 4.44. The molecule has 0 atom stereocenters. The standard InChI is InChI=1S/C11H20N2O2/c1-3-4-5-13(6-7-14)9-11-8-10(2)12-15-11/h8,14H,3-7,9H2,1-2H3. The predicted octanol–water partition coefficient (Wildman–Crippen LogP) is 1.58. The average Bonchev–Trinajstić information content (AvgIpc) is 2.61. The van der Waals surface area contributed by atoms with Gasteiger partial charge in [-0.05, 0) is 19.9 Å². The van der Waals surface area contributed by atoms with E-state index in [-0.39, 0.29) is 6.61 Å². The molecule has 0 spiro atoms. The van der Waals surface area contributed by atoms with Crippen LogP contribution in [-0.2, 0) is 6.54 Å². The van der Waals surface area contributed by atoms with Gasteiger partial charge in [0.1, 0.15) is 0 Å². The predicted molar refractivity (Wildman–Crippen MR) is 58.5 cm³/mol. The molecule has 0 aliphatic heterocycles. The van der Waals surface area contributed by atoms with Gasteiger partial charge in [0.2, 0.25) is 0 Å². The van der Waals surface area contributed by atoms with Crippen molar-refractivity contribution in [3.8, 4) is 0 Å². The molecule has 0 radical (unpaired) electrons. The van der Waals surface area contributed by atoms with Crippen molar-refractivity contribution in [2.45, 2.75) is 33.2 Å². The summed E-state index contributed by atoms with van der Waals surface area (Å²) in [5, 5.41) is 12.8. The second kappa shape index (κ2) is 6.58. The minimum absolute atomic E-state index is 0.191. The fourth-order valence-electron chi connectivity index (χ4n) is 1.50. The molecule has 0 aromatic carbocycles. The summed E-state index contributed by atoms with van der Waals surface area (Å²) in [4.78, 5) is 2.18. The van der Waals surface area contributed by atoms with Crippen molar-refractivity contribution in [2.24, 2.45) is 0 Å². The number of nitrogens with zero attached hydrogens (tertiary/aromatic N) is 2. The van der Waals surface area contributed by atoms with Gasteiger partial charge in [-0.3, -0.25) is 4.90 Å². The number of rotatable bonds is 7. The minimum atomic E-state index is 0.191. The van der Waals surface area contributed by atoms with Gasteiger partial charge in [0.05, 0.1) is 18.8 Å². The van der Waals surface area contributed by atoms with Gasteiger partial charge < -0.3 is 9.63 Å². The molecule has 0 saturated carbocycles. The molecular formula is C11H20N2O2. The van der Waals surface area contributed by atoms with Crippen molar-refractivity contribution >= 4 is 0 Å². The smallest absolute Gasteiger partial charge is 0.150 e. The van der Waals surface area contributed by atoms with E-state index in [4.69, 9.17) is 9.63 Å². The van der Waals surface area contributed by atoms with Crippen LogP contribution >= 0.6 is 0 Å². The van der Waals surface area contributed by atoms with Crippen LogP contribution in [0.3, 0.4) is 0 Å².